The Kier molecular flexibility index (Phi) is 3.22. The molecule has 1 aliphatic rings. The lowest BCUT2D eigenvalue weighted by Crippen LogP contribution is -2.41. The summed E-state index contributed by atoms with van der Waals surface area (Å²) < 4.78 is 27.6. The molecule has 20 heavy (non-hydrogen) atoms. The van der Waals surface area contributed by atoms with Gasteiger partial charge in [0.05, 0.1) is 5.69 Å². The van der Waals surface area contributed by atoms with Crippen molar-refractivity contribution in [1.29, 1.82) is 0 Å². The average molecular weight is 308 g/mol. The lowest BCUT2D eigenvalue weighted by molar-refractivity contribution is 0.565. The maximum Gasteiger partial charge on any atom is 0.274 e. The second kappa shape index (κ2) is 4.79. The van der Waals surface area contributed by atoms with Crippen LogP contribution >= 0.6 is 11.3 Å². The molecule has 2 heterocycles. The van der Waals surface area contributed by atoms with Crippen LogP contribution in [0.15, 0.2) is 39.9 Å². The summed E-state index contributed by atoms with van der Waals surface area (Å²) in [6.45, 7) is 1.95. The first-order valence-corrected chi connectivity index (χ1v) is 8.78. The first-order valence-electron chi connectivity index (χ1n) is 6.46. The van der Waals surface area contributed by atoms with Crippen LogP contribution in [0.2, 0.25) is 0 Å². The van der Waals surface area contributed by atoms with Gasteiger partial charge in [-0.2, -0.15) is 0 Å². The van der Waals surface area contributed by atoms with E-state index in [4.69, 9.17) is 5.73 Å². The lowest BCUT2D eigenvalue weighted by atomic mass is 9.99. The number of nitrogens with two attached hydrogens (primary N) is 1. The topological polar surface area (TPSA) is 63.4 Å². The number of para-hydroxylation sites is 1. The second-order valence-electron chi connectivity index (χ2n) is 5.02. The molecule has 6 heteroatoms. The minimum absolute atomic E-state index is 0.0433. The zero-order valence-corrected chi connectivity index (χ0v) is 12.7. The zero-order chi connectivity index (χ0) is 14.3. The summed E-state index contributed by atoms with van der Waals surface area (Å²) in [5.74, 6) is 0. The number of rotatable bonds is 2. The number of nitrogens with zero attached hydrogens (tertiary/aromatic N) is 1. The molecule has 1 aromatic carbocycles. The fourth-order valence-corrected chi connectivity index (χ4v) is 5.48. The van der Waals surface area contributed by atoms with Crippen molar-refractivity contribution in [3.63, 3.8) is 0 Å². The summed E-state index contributed by atoms with van der Waals surface area (Å²) in [7, 11) is -3.53. The van der Waals surface area contributed by atoms with E-state index in [1.54, 1.807) is 5.38 Å². The van der Waals surface area contributed by atoms with Gasteiger partial charge in [0.2, 0.25) is 0 Å². The van der Waals surface area contributed by atoms with E-state index in [-0.39, 0.29) is 6.04 Å². The van der Waals surface area contributed by atoms with Gasteiger partial charge in [0, 0.05) is 17.1 Å². The van der Waals surface area contributed by atoms with Crippen molar-refractivity contribution in [1.82, 2.24) is 0 Å². The number of fused-ring (bicyclic) bond motifs is 1. The normalized spacial score (nSPS) is 18.9. The number of sulfonamides is 1. The molecule has 2 N–H and O–H groups in total. The van der Waals surface area contributed by atoms with E-state index in [0.717, 1.165) is 24.1 Å². The highest BCUT2D eigenvalue weighted by molar-refractivity contribution is 7.94. The second-order valence-corrected chi connectivity index (χ2v) is 7.97. The maximum absolute atomic E-state index is 12.9. The Bertz CT molecular complexity index is 737. The number of anilines is 2. The molecule has 1 atom stereocenters. The highest BCUT2D eigenvalue weighted by Gasteiger charge is 2.34. The summed E-state index contributed by atoms with van der Waals surface area (Å²) in [6, 6.07) is 9.18. The van der Waals surface area contributed by atoms with E-state index in [9.17, 15) is 8.42 Å². The largest absolute Gasteiger partial charge is 0.398 e. The quantitative estimate of drug-likeness (QED) is 0.928. The number of hydrogen-bond acceptors (Lipinski definition) is 4. The van der Waals surface area contributed by atoms with E-state index in [0.29, 0.717) is 9.90 Å². The standard InChI is InChI=1S/C14H16N2O2S2/c1-10-6-7-11-4-2-3-5-13(11)16(10)20(17,18)14-8-12(15)9-19-14/h2-5,8-10H,6-7,15H2,1H3. The molecule has 0 saturated heterocycles. The highest BCUT2D eigenvalue weighted by atomic mass is 32.2. The van der Waals surface area contributed by atoms with Crippen molar-refractivity contribution in [3.05, 3.63) is 41.3 Å². The number of aryl methyl sites for hydroxylation is 1. The van der Waals surface area contributed by atoms with Crippen molar-refractivity contribution in [3.8, 4) is 0 Å². The van der Waals surface area contributed by atoms with Gasteiger partial charge in [0.15, 0.2) is 0 Å². The molecule has 1 aromatic heterocycles. The third kappa shape index (κ3) is 2.09. The monoisotopic (exact) mass is 308 g/mol. The number of hydrogen-bond donors (Lipinski definition) is 1. The SMILES string of the molecule is CC1CCc2ccccc2N1S(=O)(=O)c1cc(N)cs1. The van der Waals surface area contributed by atoms with Crippen LogP contribution in [0, 0.1) is 0 Å². The smallest absolute Gasteiger partial charge is 0.274 e. The molecule has 0 fully saturated rings. The first-order chi connectivity index (χ1) is 9.50. The molecule has 0 spiro atoms. The minimum atomic E-state index is -3.53. The first kappa shape index (κ1) is 13.5. The van der Waals surface area contributed by atoms with Gasteiger partial charge in [0.1, 0.15) is 4.21 Å². The Balaban J connectivity index is 2.13. The summed E-state index contributed by atoms with van der Waals surface area (Å²) in [5, 5.41) is 1.66. The Hall–Kier alpha value is -1.53. The molecule has 1 unspecified atom stereocenters. The van der Waals surface area contributed by atoms with Crippen LogP contribution in [0.5, 0.6) is 0 Å². The number of nitrogen functional groups attached to an aromatic ring is 1. The Labute approximate surface area is 122 Å². The number of thiophene rings is 1. The zero-order valence-electron chi connectivity index (χ0n) is 11.1. The predicted molar refractivity (Wildman–Crippen MR) is 82.6 cm³/mol. The molecular formula is C14H16N2O2S2. The summed E-state index contributed by atoms with van der Waals surface area (Å²) in [4.78, 5) is 0. The summed E-state index contributed by atoms with van der Waals surface area (Å²) in [5.41, 5.74) is 8.03. The molecular weight excluding hydrogens is 292 g/mol. The highest BCUT2D eigenvalue weighted by Crippen LogP contribution is 2.36. The van der Waals surface area contributed by atoms with Gasteiger partial charge >= 0.3 is 0 Å². The predicted octanol–water partition coefficient (Wildman–Crippen LogP) is 2.86. The van der Waals surface area contributed by atoms with Crippen LogP contribution in [0.4, 0.5) is 11.4 Å². The Morgan fingerprint density at radius 2 is 2.10 bits per heavy atom. The van der Waals surface area contributed by atoms with Gasteiger partial charge in [-0.1, -0.05) is 18.2 Å². The summed E-state index contributed by atoms with van der Waals surface area (Å²) in [6.07, 6.45) is 1.74. The molecule has 0 radical (unpaired) electrons. The van der Waals surface area contributed by atoms with Gasteiger partial charge in [0.25, 0.3) is 10.0 Å². The van der Waals surface area contributed by atoms with Gasteiger partial charge in [-0.25, -0.2) is 8.42 Å². The van der Waals surface area contributed by atoms with E-state index in [1.807, 2.05) is 31.2 Å². The molecule has 1 aliphatic heterocycles. The minimum Gasteiger partial charge on any atom is -0.398 e. The molecule has 0 bridgehead atoms. The molecule has 106 valence electrons. The van der Waals surface area contributed by atoms with E-state index in [1.165, 1.54) is 21.7 Å². The van der Waals surface area contributed by atoms with Crippen LogP contribution in [0.1, 0.15) is 18.9 Å². The van der Waals surface area contributed by atoms with E-state index in [2.05, 4.69) is 0 Å². The molecule has 3 rings (SSSR count). The van der Waals surface area contributed by atoms with E-state index >= 15 is 0 Å². The third-order valence-corrected chi connectivity index (χ3v) is 6.93. The fraction of sp³-hybridized carbons (Fsp3) is 0.286. The Morgan fingerprint density at radius 3 is 2.80 bits per heavy atom. The molecule has 0 aliphatic carbocycles. The third-order valence-electron chi connectivity index (χ3n) is 3.57. The fourth-order valence-electron chi connectivity index (χ4n) is 2.59. The van der Waals surface area contributed by atoms with Crippen molar-refractivity contribution in [2.45, 2.75) is 30.0 Å². The van der Waals surface area contributed by atoms with Crippen molar-refractivity contribution >= 4 is 32.7 Å². The van der Waals surface area contributed by atoms with Crippen LogP contribution < -0.4 is 10.0 Å². The average Bonchev–Trinajstić information content (AvgIpc) is 2.85. The van der Waals surface area contributed by atoms with Gasteiger partial charge < -0.3 is 5.73 Å². The molecule has 2 aromatic rings. The Morgan fingerprint density at radius 1 is 1.35 bits per heavy atom. The molecule has 4 nitrogen and oxygen atoms in total. The molecule has 0 amide bonds. The van der Waals surface area contributed by atoms with Crippen LogP contribution in [-0.4, -0.2) is 14.5 Å². The van der Waals surface area contributed by atoms with E-state index < -0.39 is 10.0 Å². The van der Waals surface area contributed by atoms with Crippen molar-refractivity contribution < 1.29 is 8.42 Å². The van der Waals surface area contributed by atoms with Crippen LogP contribution in [0.3, 0.4) is 0 Å². The van der Waals surface area contributed by atoms with Crippen LogP contribution in [0.25, 0.3) is 0 Å². The lowest BCUT2D eigenvalue weighted by Gasteiger charge is -2.35. The maximum atomic E-state index is 12.9. The number of benzene rings is 1. The summed E-state index contributed by atoms with van der Waals surface area (Å²) >= 11 is 1.17. The van der Waals surface area contributed by atoms with Gasteiger partial charge in [-0.05, 0) is 37.5 Å². The van der Waals surface area contributed by atoms with Gasteiger partial charge in [-0.3, -0.25) is 4.31 Å². The van der Waals surface area contributed by atoms with Crippen LogP contribution in [-0.2, 0) is 16.4 Å². The van der Waals surface area contributed by atoms with Crippen molar-refractivity contribution in [2.24, 2.45) is 0 Å². The van der Waals surface area contributed by atoms with Crippen molar-refractivity contribution in [2.75, 3.05) is 10.0 Å². The molecule has 0 saturated carbocycles. The van der Waals surface area contributed by atoms with Gasteiger partial charge in [-0.15, -0.1) is 11.3 Å².